The molecule has 8 heteroatoms. The van der Waals surface area contributed by atoms with Crippen LogP contribution >= 0.6 is 11.3 Å². The maximum Gasteiger partial charge on any atom is 0.262 e. The molecule has 4 rings (SSSR count). The third-order valence-electron chi connectivity index (χ3n) is 5.44. The number of methoxy groups -OCH3 is 2. The Hall–Kier alpha value is -2.87. The van der Waals surface area contributed by atoms with Gasteiger partial charge in [0, 0.05) is 24.9 Å². The lowest BCUT2D eigenvalue weighted by atomic mass is 9.99. The molecule has 1 aromatic carbocycles. The minimum absolute atomic E-state index is 0.000657. The van der Waals surface area contributed by atoms with Crippen molar-refractivity contribution in [3.63, 3.8) is 0 Å². The van der Waals surface area contributed by atoms with Gasteiger partial charge >= 0.3 is 0 Å². The zero-order valence-corrected chi connectivity index (χ0v) is 18.1. The topological polar surface area (TPSA) is 71.4 Å². The highest BCUT2D eigenvalue weighted by Crippen LogP contribution is 2.40. The van der Waals surface area contributed by atoms with E-state index in [-0.39, 0.29) is 30.3 Å². The second-order valence-electron chi connectivity index (χ2n) is 7.56. The number of hydrogen-bond donors (Lipinski definition) is 0. The van der Waals surface area contributed by atoms with Crippen LogP contribution in [0.15, 0.2) is 40.8 Å². The molecule has 2 aliphatic rings. The fourth-order valence-electron chi connectivity index (χ4n) is 3.67. The molecule has 0 bridgehead atoms. The van der Waals surface area contributed by atoms with E-state index in [2.05, 4.69) is 5.10 Å². The van der Waals surface area contributed by atoms with Crippen LogP contribution in [-0.4, -0.2) is 55.2 Å². The van der Waals surface area contributed by atoms with Gasteiger partial charge in [-0.15, -0.1) is 11.3 Å². The Kier molecular flexibility index (Phi) is 5.76. The molecule has 0 spiro atoms. The molecule has 1 aromatic heterocycles. The Labute approximate surface area is 179 Å². The number of nitrogens with zero attached hydrogens (tertiary/aromatic N) is 3. The fourth-order valence-corrected chi connectivity index (χ4v) is 4.39. The van der Waals surface area contributed by atoms with Crippen LogP contribution in [0, 0.1) is 5.92 Å². The summed E-state index contributed by atoms with van der Waals surface area (Å²) in [6, 6.07) is 9.19. The third kappa shape index (κ3) is 4.05. The number of thiophene rings is 1. The number of carbonyl (C=O) groups is 2. The molecule has 7 nitrogen and oxygen atoms in total. The van der Waals surface area contributed by atoms with Crippen LogP contribution in [0.2, 0.25) is 0 Å². The monoisotopic (exact) mass is 427 g/mol. The minimum atomic E-state index is -0.330. The molecule has 30 heavy (non-hydrogen) atoms. The Morgan fingerprint density at radius 3 is 2.67 bits per heavy atom. The molecule has 0 N–H and O–H groups in total. The number of amides is 2. The predicted octanol–water partition coefficient (Wildman–Crippen LogP) is 3.31. The summed E-state index contributed by atoms with van der Waals surface area (Å²) in [7, 11) is 4.89. The number of ether oxygens (including phenoxy) is 2. The Morgan fingerprint density at radius 2 is 2.03 bits per heavy atom. The van der Waals surface area contributed by atoms with E-state index in [0.717, 1.165) is 29.0 Å². The predicted molar refractivity (Wildman–Crippen MR) is 115 cm³/mol. The van der Waals surface area contributed by atoms with E-state index in [1.807, 2.05) is 35.7 Å². The van der Waals surface area contributed by atoms with Crippen molar-refractivity contribution >= 4 is 28.9 Å². The molecule has 1 atom stereocenters. The van der Waals surface area contributed by atoms with Gasteiger partial charge < -0.3 is 14.4 Å². The van der Waals surface area contributed by atoms with Gasteiger partial charge in [-0.1, -0.05) is 6.07 Å². The molecule has 2 heterocycles. The van der Waals surface area contributed by atoms with Gasteiger partial charge in [-0.05, 0) is 42.5 Å². The standard InChI is InChI=1S/C22H25N3O4S/c1-24(22(27)14-6-7-14)13-21(26)25-18(12-17(23-25)20-5-4-10-30-20)16-11-15(28-2)8-9-19(16)29-3/h4-5,8-11,14,18H,6-7,12-13H2,1-3H3. The van der Waals surface area contributed by atoms with Crippen LogP contribution in [0.25, 0.3) is 0 Å². The Bertz CT molecular complexity index is 969. The van der Waals surface area contributed by atoms with Crippen LogP contribution in [-0.2, 0) is 9.59 Å². The summed E-state index contributed by atoms with van der Waals surface area (Å²) in [5.74, 6) is 1.24. The molecule has 1 aliphatic carbocycles. The highest BCUT2D eigenvalue weighted by atomic mass is 32.1. The van der Waals surface area contributed by atoms with Gasteiger partial charge in [0.2, 0.25) is 5.91 Å². The van der Waals surface area contributed by atoms with Crippen LogP contribution in [0.3, 0.4) is 0 Å². The largest absolute Gasteiger partial charge is 0.497 e. The fraction of sp³-hybridized carbons (Fsp3) is 0.409. The highest BCUT2D eigenvalue weighted by molar-refractivity contribution is 7.12. The average molecular weight is 428 g/mol. The van der Waals surface area contributed by atoms with E-state index in [4.69, 9.17) is 9.47 Å². The summed E-state index contributed by atoms with van der Waals surface area (Å²) in [6.45, 7) is -0.000657. The SMILES string of the molecule is COc1ccc(OC)c(C2CC(c3cccs3)=NN2C(=O)CN(C)C(=O)C2CC2)c1. The summed E-state index contributed by atoms with van der Waals surface area (Å²) in [5, 5.41) is 8.16. The second kappa shape index (κ2) is 8.47. The van der Waals surface area contributed by atoms with E-state index in [1.165, 1.54) is 9.91 Å². The maximum absolute atomic E-state index is 13.2. The van der Waals surface area contributed by atoms with Crippen LogP contribution < -0.4 is 9.47 Å². The van der Waals surface area contributed by atoms with Crippen molar-refractivity contribution in [1.29, 1.82) is 0 Å². The Balaban J connectivity index is 1.64. The number of hydrazone groups is 1. The zero-order valence-electron chi connectivity index (χ0n) is 17.3. The van der Waals surface area contributed by atoms with E-state index < -0.39 is 0 Å². The van der Waals surface area contributed by atoms with Gasteiger partial charge in [-0.2, -0.15) is 5.10 Å². The second-order valence-corrected chi connectivity index (χ2v) is 8.51. The third-order valence-corrected chi connectivity index (χ3v) is 6.36. The maximum atomic E-state index is 13.2. The van der Waals surface area contributed by atoms with Crippen molar-refractivity contribution in [3.05, 3.63) is 46.2 Å². The molecule has 2 amide bonds. The summed E-state index contributed by atoms with van der Waals surface area (Å²) in [5.41, 5.74) is 1.68. The molecule has 2 aromatic rings. The minimum Gasteiger partial charge on any atom is -0.497 e. The van der Waals surface area contributed by atoms with Crippen molar-refractivity contribution in [2.24, 2.45) is 11.0 Å². The van der Waals surface area contributed by atoms with Gasteiger partial charge in [-0.3, -0.25) is 9.59 Å². The lowest BCUT2D eigenvalue weighted by Gasteiger charge is -2.26. The molecule has 1 saturated carbocycles. The lowest BCUT2D eigenvalue weighted by Crippen LogP contribution is -2.39. The van der Waals surface area contributed by atoms with Gasteiger partial charge in [0.15, 0.2) is 0 Å². The van der Waals surface area contributed by atoms with Crippen molar-refractivity contribution < 1.29 is 19.1 Å². The summed E-state index contributed by atoms with van der Waals surface area (Å²) >= 11 is 1.59. The molecule has 0 saturated heterocycles. The Morgan fingerprint density at radius 1 is 1.23 bits per heavy atom. The summed E-state index contributed by atoms with van der Waals surface area (Å²) in [6.07, 6.45) is 2.38. The van der Waals surface area contributed by atoms with Crippen molar-refractivity contribution in [1.82, 2.24) is 9.91 Å². The summed E-state index contributed by atoms with van der Waals surface area (Å²) < 4.78 is 11.0. The number of likely N-dealkylation sites (N-methyl/N-ethyl adjacent to an activating group) is 1. The normalized spacial score (nSPS) is 18.2. The highest BCUT2D eigenvalue weighted by Gasteiger charge is 2.38. The number of hydrogen-bond acceptors (Lipinski definition) is 6. The molecular weight excluding hydrogens is 402 g/mol. The van der Waals surface area contributed by atoms with Crippen LogP contribution in [0.5, 0.6) is 11.5 Å². The first-order valence-electron chi connectivity index (χ1n) is 9.92. The van der Waals surface area contributed by atoms with E-state index >= 15 is 0 Å². The van der Waals surface area contributed by atoms with Crippen molar-refractivity contribution in [3.8, 4) is 11.5 Å². The van der Waals surface area contributed by atoms with Crippen molar-refractivity contribution in [2.45, 2.75) is 25.3 Å². The number of rotatable bonds is 7. The van der Waals surface area contributed by atoms with Gasteiger partial charge in [0.1, 0.15) is 18.0 Å². The first-order chi connectivity index (χ1) is 14.5. The number of carbonyl (C=O) groups excluding carboxylic acids is 2. The zero-order chi connectivity index (χ0) is 21.3. The molecular formula is C22H25N3O4S. The quantitative estimate of drug-likeness (QED) is 0.680. The first-order valence-corrected chi connectivity index (χ1v) is 10.8. The van der Waals surface area contributed by atoms with Gasteiger partial charge in [0.05, 0.1) is 30.9 Å². The van der Waals surface area contributed by atoms with Gasteiger partial charge in [0.25, 0.3) is 5.91 Å². The van der Waals surface area contributed by atoms with E-state index in [0.29, 0.717) is 17.9 Å². The van der Waals surface area contributed by atoms with Crippen molar-refractivity contribution in [2.75, 3.05) is 27.8 Å². The van der Waals surface area contributed by atoms with Gasteiger partial charge in [-0.25, -0.2) is 5.01 Å². The summed E-state index contributed by atoms with van der Waals surface area (Å²) in [4.78, 5) is 28.1. The van der Waals surface area contributed by atoms with Crippen LogP contribution in [0.4, 0.5) is 0 Å². The molecule has 158 valence electrons. The molecule has 0 radical (unpaired) electrons. The molecule has 1 aliphatic heterocycles. The van der Waals surface area contributed by atoms with E-state index in [1.54, 1.807) is 32.6 Å². The average Bonchev–Trinajstić information content (AvgIpc) is 3.27. The number of benzene rings is 1. The molecule has 1 fully saturated rings. The van der Waals surface area contributed by atoms with Crippen LogP contribution in [0.1, 0.15) is 35.7 Å². The molecule has 1 unspecified atom stereocenters. The first kappa shape index (κ1) is 20.4. The lowest BCUT2D eigenvalue weighted by molar-refractivity contribution is -0.141. The van der Waals surface area contributed by atoms with E-state index in [9.17, 15) is 9.59 Å². The smallest absolute Gasteiger partial charge is 0.262 e.